The number of carbonyl (C=O) groups is 1. The van der Waals surface area contributed by atoms with Crippen molar-refractivity contribution in [2.45, 2.75) is 12.7 Å². The lowest BCUT2D eigenvalue weighted by Gasteiger charge is -2.04. The topological polar surface area (TPSA) is 68.0 Å². The van der Waals surface area contributed by atoms with E-state index in [0.717, 1.165) is 4.88 Å². The summed E-state index contributed by atoms with van der Waals surface area (Å²) in [7, 11) is 0. The van der Waals surface area contributed by atoms with E-state index in [1.165, 1.54) is 35.6 Å². The van der Waals surface area contributed by atoms with Crippen LogP contribution in [0.3, 0.4) is 0 Å². The summed E-state index contributed by atoms with van der Waals surface area (Å²) in [6.45, 7) is 0.415. The van der Waals surface area contributed by atoms with Crippen LogP contribution >= 0.6 is 11.3 Å². The normalized spacial score (nSPS) is 11.5. The first-order valence-electron chi connectivity index (χ1n) is 6.75. The molecule has 0 fully saturated rings. The number of benzene rings is 1. The fourth-order valence-electron chi connectivity index (χ4n) is 1.91. The van der Waals surface area contributed by atoms with Gasteiger partial charge in [-0.3, -0.25) is 4.79 Å². The van der Waals surface area contributed by atoms with Crippen LogP contribution < -0.4 is 5.32 Å². The van der Waals surface area contributed by atoms with E-state index >= 15 is 0 Å². The van der Waals surface area contributed by atoms with Gasteiger partial charge in [0.05, 0.1) is 6.54 Å². The fourth-order valence-corrected chi connectivity index (χ4v) is 2.55. The van der Waals surface area contributed by atoms with Crippen molar-refractivity contribution < 1.29 is 22.5 Å². The van der Waals surface area contributed by atoms with Gasteiger partial charge in [-0.25, -0.2) is 0 Å². The molecule has 5 nitrogen and oxygen atoms in total. The van der Waals surface area contributed by atoms with Crippen LogP contribution in [0.2, 0.25) is 0 Å². The van der Waals surface area contributed by atoms with E-state index in [0.29, 0.717) is 17.7 Å². The van der Waals surface area contributed by atoms with E-state index in [9.17, 15) is 18.0 Å². The van der Waals surface area contributed by atoms with Gasteiger partial charge >= 0.3 is 12.1 Å². The highest BCUT2D eigenvalue weighted by molar-refractivity contribution is 7.09. The molecule has 2 heterocycles. The Balaban J connectivity index is 1.68. The Labute approximate surface area is 138 Å². The molecule has 0 aliphatic rings. The summed E-state index contributed by atoms with van der Waals surface area (Å²) in [5.74, 6) is -1.87. The lowest BCUT2D eigenvalue weighted by molar-refractivity contribution is -0.159. The zero-order chi connectivity index (χ0) is 17.2. The third kappa shape index (κ3) is 3.62. The SMILES string of the molecule is O=C(NCc1cccs1)c1ccc(-c2noc(C(F)(F)F)n2)cc1. The molecule has 0 spiro atoms. The van der Waals surface area contributed by atoms with E-state index in [2.05, 4.69) is 20.0 Å². The quantitative estimate of drug-likeness (QED) is 0.776. The van der Waals surface area contributed by atoms with E-state index < -0.39 is 12.1 Å². The fraction of sp³-hybridized carbons (Fsp3) is 0.133. The molecule has 0 aliphatic heterocycles. The molecule has 124 valence electrons. The Morgan fingerprint density at radius 3 is 2.54 bits per heavy atom. The van der Waals surface area contributed by atoms with Crippen LogP contribution in [0.5, 0.6) is 0 Å². The second-order valence-corrected chi connectivity index (χ2v) is 5.79. The lowest BCUT2D eigenvalue weighted by Crippen LogP contribution is -2.22. The van der Waals surface area contributed by atoms with Crippen LogP contribution in [0.25, 0.3) is 11.4 Å². The largest absolute Gasteiger partial charge is 0.471 e. The molecule has 0 saturated heterocycles. The number of thiophene rings is 1. The average Bonchev–Trinajstić information content (AvgIpc) is 3.23. The lowest BCUT2D eigenvalue weighted by atomic mass is 10.1. The number of amides is 1. The Hall–Kier alpha value is -2.68. The number of nitrogens with one attached hydrogen (secondary N) is 1. The maximum atomic E-state index is 12.4. The van der Waals surface area contributed by atoms with Gasteiger partial charge in [0, 0.05) is 16.0 Å². The van der Waals surface area contributed by atoms with Gasteiger partial charge in [0.1, 0.15) is 0 Å². The first kappa shape index (κ1) is 16.2. The number of nitrogens with zero attached hydrogens (tertiary/aromatic N) is 2. The molecule has 0 unspecified atom stereocenters. The van der Waals surface area contributed by atoms with E-state index in [1.54, 1.807) is 0 Å². The molecule has 3 rings (SSSR count). The predicted molar refractivity (Wildman–Crippen MR) is 80.2 cm³/mol. The van der Waals surface area contributed by atoms with Crippen molar-refractivity contribution in [2.75, 3.05) is 0 Å². The van der Waals surface area contributed by atoms with Crippen molar-refractivity contribution in [1.29, 1.82) is 0 Å². The highest BCUT2D eigenvalue weighted by atomic mass is 32.1. The summed E-state index contributed by atoms with van der Waals surface area (Å²) in [4.78, 5) is 16.3. The van der Waals surface area contributed by atoms with Crippen molar-refractivity contribution in [1.82, 2.24) is 15.5 Å². The molecule has 2 aromatic heterocycles. The van der Waals surface area contributed by atoms with Crippen molar-refractivity contribution in [3.05, 3.63) is 58.1 Å². The number of aromatic nitrogens is 2. The molecular weight excluding hydrogens is 343 g/mol. The first-order chi connectivity index (χ1) is 11.4. The third-order valence-electron chi connectivity index (χ3n) is 3.08. The van der Waals surface area contributed by atoms with Gasteiger partial charge in [-0.2, -0.15) is 18.2 Å². The minimum atomic E-state index is -4.69. The Bertz CT molecular complexity index is 827. The summed E-state index contributed by atoms with van der Waals surface area (Å²) >= 11 is 1.53. The average molecular weight is 353 g/mol. The van der Waals surface area contributed by atoms with E-state index in [1.807, 2.05) is 17.5 Å². The van der Waals surface area contributed by atoms with Gasteiger partial charge < -0.3 is 9.84 Å². The summed E-state index contributed by atoms with van der Waals surface area (Å²) in [6, 6.07) is 9.70. The highest BCUT2D eigenvalue weighted by Crippen LogP contribution is 2.29. The summed E-state index contributed by atoms with van der Waals surface area (Å²) in [6.07, 6.45) is -4.69. The molecule has 0 saturated carbocycles. The second-order valence-electron chi connectivity index (χ2n) is 4.76. The van der Waals surface area contributed by atoms with Gasteiger partial charge in [-0.1, -0.05) is 23.4 Å². The van der Waals surface area contributed by atoms with Crippen molar-refractivity contribution in [2.24, 2.45) is 0 Å². The zero-order valence-corrected chi connectivity index (χ0v) is 12.8. The van der Waals surface area contributed by atoms with Crippen LogP contribution in [0.15, 0.2) is 46.3 Å². The molecule has 9 heteroatoms. The molecule has 1 amide bonds. The molecular formula is C15H10F3N3O2S. The van der Waals surface area contributed by atoms with Crippen molar-refractivity contribution in [3.8, 4) is 11.4 Å². The zero-order valence-electron chi connectivity index (χ0n) is 12.0. The molecule has 0 radical (unpaired) electrons. The van der Waals surface area contributed by atoms with Crippen LogP contribution in [-0.2, 0) is 12.7 Å². The number of hydrogen-bond donors (Lipinski definition) is 1. The number of halogens is 3. The second kappa shape index (κ2) is 6.44. The monoisotopic (exact) mass is 353 g/mol. The predicted octanol–water partition coefficient (Wildman–Crippen LogP) is 3.75. The Morgan fingerprint density at radius 2 is 1.96 bits per heavy atom. The maximum absolute atomic E-state index is 12.4. The van der Waals surface area contributed by atoms with Gasteiger partial charge in [0.15, 0.2) is 0 Å². The Kier molecular flexibility index (Phi) is 4.34. The van der Waals surface area contributed by atoms with Gasteiger partial charge in [-0.05, 0) is 23.6 Å². The minimum Gasteiger partial charge on any atom is -0.347 e. The molecule has 0 bridgehead atoms. The van der Waals surface area contributed by atoms with Gasteiger partial charge in [0.25, 0.3) is 5.91 Å². The number of alkyl halides is 3. The van der Waals surface area contributed by atoms with Crippen LogP contribution in [0.4, 0.5) is 13.2 Å². The molecule has 24 heavy (non-hydrogen) atoms. The molecule has 3 aromatic rings. The standard InChI is InChI=1S/C15H10F3N3O2S/c16-15(17,18)14-20-12(21-23-14)9-3-5-10(6-4-9)13(22)19-8-11-2-1-7-24-11/h1-7H,8H2,(H,19,22). The number of hydrogen-bond acceptors (Lipinski definition) is 5. The molecule has 0 atom stereocenters. The van der Waals surface area contributed by atoms with Crippen molar-refractivity contribution >= 4 is 17.2 Å². The van der Waals surface area contributed by atoms with Gasteiger partial charge in [0.2, 0.25) is 5.82 Å². The van der Waals surface area contributed by atoms with Crippen molar-refractivity contribution in [3.63, 3.8) is 0 Å². The van der Waals surface area contributed by atoms with Crippen LogP contribution in [0.1, 0.15) is 21.1 Å². The summed E-state index contributed by atoms with van der Waals surface area (Å²) < 4.78 is 41.5. The highest BCUT2D eigenvalue weighted by Gasteiger charge is 2.38. The maximum Gasteiger partial charge on any atom is 0.471 e. The molecule has 1 N–H and O–H groups in total. The smallest absolute Gasteiger partial charge is 0.347 e. The summed E-state index contributed by atoms with van der Waals surface area (Å²) in [5.41, 5.74) is 0.707. The first-order valence-corrected chi connectivity index (χ1v) is 7.63. The number of rotatable bonds is 4. The van der Waals surface area contributed by atoms with Crippen LogP contribution in [0, 0.1) is 0 Å². The van der Waals surface area contributed by atoms with E-state index in [4.69, 9.17) is 0 Å². The number of carbonyl (C=O) groups excluding carboxylic acids is 1. The minimum absolute atomic E-state index is 0.187. The summed E-state index contributed by atoms with van der Waals surface area (Å²) in [5, 5.41) is 7.96. The molecule has 0 aliphatic carbocycles. The van der Waals surface area contributed by atoms with Gasteiger partial charge in [-0.15, -0.1) is 11.3 Å². The van der Waals surface area contributed by atoms with Crippen LogP contribution in [-0.4, -0.2) is 16.0 Å². The third-order valence-corrected chi connectivity index (χ3v) is 3.95. The molecule has 1 aromatic carbocycles. The van der Waals surface area contributed by atoms with E-state index in [-0.39, 0.29) is 11.7 Å². The Morgan fingerprint density at radius 1 is 1.21 bits per heavy atom.